The van der Waals surface area contributed by atoms with Gasteiger partial charge in [0.05, 0.1) is 0 Å². The molecule has 0 saturated carbocycles. The lowest BCUT2D eigenvalue weighted by molar-refractivity contribution is -0.148. The number of carboxylic acid groups (broad SMARTS) is 1. The Morgan fingerprint density at radius 2 is 1.81 bits per heavy atom. The SMILES string of the molecule is CC(=O)c1ccc(N2C[C@@H]3CN(c4ncccn4)C[C@]3(C(=O)O)C2)nc1. The van der Waals surface area contributed by atoms with Crippen LogP contribution in [-0.4, -0.2) is 58.0 Å². The van der Waals surface area contributed by atoms with Crippen molar-refractivity contribution in [2.75, 3.05) is 36.0 Å². The van der Waals surface area contributed by atoms with Crippen molar-refractivity contribution in [3.8, 4) is 0 Å². The third-order valence-electron chi connectivity index (χ3n) is 5.35. The van der Waals surface area contributed by atoms with Gasteiger partial charge in [0.2, 0.25) is 5.95 Å². The van der Waals surface area contributed by atoms with Gasteiger partial charge in [0.15, 0.2) is 5.78 Å². The number of carboxylic acids is 1. The second-order valence-electron chi connectivity index (χ2n) is 6.93. The summed E-state index contributed by atoms with van der Waals surface area (Å²) in [5.41, 5.74) is -0.325. The van der Waals surface area contributed by atoms with Crippen molar-refractivity contribution in [1.29, 1.82) is 0 Å². The fraction of sp³-hybridized carbons (Fsp3) is 0.389. The lowest BCUT2D eigenvalue weighted by atomic mass is 9.81. The summed E-state index contributed by atoms with van der Waals surface area (Å²) in [4.78, 5) is 40.3. The van der Waals surface area contributed by atoms with E-state index in [1.54, 1.807) is 36.8 Å². The molecule has 0 unspecified atom stereocenters. The van der Waals surface area contributed by atoms with Gasteiger partial charge in [-0.25, -0.2) is 15.0 Å². The molecule has 0 bridgehead atoms. The smallest absolute Gasteiger partial charge is 0.313 e. The molecule has 2 fully saturated rings. The third-order valence-corrected chi connectivity index (χ3v) is 5.35. The first-order valence-electron chi connectivity index (χ1n) is 8.47. The maximum absolute atomic E-state index is 12.1. The van der Waals surface area contributed by atoms with Crippen LogP contribution in [-0.2, 0) is 4.79 Å². The molecule has 0 aliphatic carbocycles. The van der Waals surface area contributed by atoms with Gasteiger partial charge in [-0.3, -0.25) is 9.59 Å². The van der Waals surface area contributed by atoms with E-state index in [1.807, 2.05) is 9.80 Å². The average molecular weight is 353 g/mol. The van der Waals surface area contributed by atoms with Crippen molar-refractivity contribution in [3.05, 3.63) is 42.4 Å². The van der Waals surface area contributed by atoms with Crippen LogP contribution in [0.25, 0.3) is 0 Å². The van der Waals surface area contributed by atoms with Crippen LogP contribution < -0.4 is 9.80 Å². The summed E-state index contributed by atoms with van der Waals surface area (Å²) in [6, 6.07) is 5.26. The molecule has 26 heavy (non-hydrogen) atoms. The Labute approximate surface area is 150 Å². The molecule has 2 aromatic rings. The van der Waals surface area contributed by atoms with E-state index >= 15 is 0 Å². The van der Waals surface area contributed by atoms with Gasteiger partial charge in [0.25, 0.3) is 0 Å². The number of carbonyl (C=O) groups is 2. The zero-order chi connectivity index (χ0) is 18.3. The van der Waals surface area contributed by atoms with Crippen molar-refractivity contribution in [1.82, 2.24) is 15.0 Å². The number of aliphatic carboxylic acids is 1. The maximum Gasteiger partial charge on any atom is 0.313 e. The number of aromatic nitrogens is 3. The predicted octanol–water partition coefficient (Wildman–Crippen LogP) is 1.10. The molecule has 1 N–H and O–H groups in total. The zero-order valence-corrected chi connectivity index (χ0v) is 14.4. The molecule has 4 heterocycles. The van der Waals surface area contributed by atoms with E-state index in [0.29, 0.717) is 43.5 Å². The lowest BCUT2D eigenvalue weighted by Gasteiger charge is -2.25. The molecule has 8 nitrogen and oxygen atoms in total. The van der Waals surface area contributed by atoms with Crippen molar-refractivity contribution >= 4 is 23.5 Å². The number of nitrogens with zero attached hydrogens (tertiary/aromatic N) is 5. The van der Waals surface area contributed by atoms with E-state index in [2.05, 4.69) is 15.0 Å². The van der Waals surface area contributed by atoms with Crippen molar-refractivity contribution < 1.29 is 14.7 Å². The first-order chi connectivity index (χ1) is 12.5. The predicted molar refractivity (Wildman–Crippen MR) is 94.3 cm³/mol. The molecule has 2 aromatic heterocycles. The van der Waals surface area contributed by atoms with Gasteiger partial charge in [-0.1, -0.05) is 0 Å². The molecule has 4 rings (SSSR count). The molecular formula is C18H19N5O3. The number of hydrogen-bond acceptors (Lipinski definition) is 7. The monoisotopic (exact) mass is 353 g/mol. The molecule has 2 atom stereocenters. The van der Waals surface area contributed by atoms with E-state index in [-0.39, 0.29) is 11.7 Å². The quantitative estimate of drug-likeness (QED) is 0.816. The van der Waals surface area contributed by atoms with Gasteiger partial charge in [-0.05, 0) is 25.1 Å². The molecule has 2 aliphatic rings. The molecule has 8 heteroatoms. The van der Waals surface area contributed by atoms with Crippen molar-refractivity contribution in [2.24, 2.45) is 11.3 Å². The van der Waals surface area contributed by atoms with Gasteiger partial charge in [0.1, 0.15) is 11.2 Å². The number of carbonyl (C=O) groups excluding carboxylic acids is 1. The van der Waals surface area contributed by atoms with E-state index < -0.39 is 11.4 Å². The molecule has 0 amide bonds. The molecule has 2 aliphatic heterocycles. The number of anilines is 2. The Balaban J connectivity index is 1.57. The fourth-order valence-corrected chi connectivity index (χ4v) is 3.93. The van der Waals surface area contributed by atoms with Crippen molar-refractivity contribution in [2.45, 2.75) is 6.92 Å². The number of fused-ring (bicyclic) bond motifs is 1. The minimum atomic E-state index is -0.875. The lowest BCUT2D eigenvalue weighted by Crippen LogP contribution is -2.41. The first-order valence-corrected chi connectivity index (χ1v) is 8.47. The molecule has 134 valence electrons. The average Bonchev–Trinajstić information content (AvgIpc) is 3.18. The fourth-order valence-electron chi connectivity index (χ4n) is 3.93. The summed E-state index contributed by atoms with van der Waals surface area (Å²) in [5.74, 6) is 0.385. The van der Waals surface area contributed by atoms with Crippen LogP contribution in [0.5, 0.6) is 0 Å². The summed E-state index contributed by atoms with van der Waals surface area (Å²) >= 11 is 0. The van der Waals surface area contributed by atoms with Gasteiger partial charge in [0, 0.05) is 56.3 Å². The standard InChI is InChI=1S/C18H19N5O3/c1-12(24)13-3-4-15(21-7-13)22-8-14-9-23(17-19-5-2-6-20-17)11-18(14,10-22)16(25)26/h2-7,14H,8-11H2,1H3,(H,25,26)/t14-,18-/m1/s1. The van der Waals surface area contributed by atoms with Crippen LogP contribution in [0.1, 0.15) is 17.3 Å². The van der Waals surface area contributed by atoms with Gasteiger partial charge in [-0.15, -0.1) is 0 Å². The Hall–Kier alpha value is -3.03. The Kier molecular flexibility index (Phi) is 3.82. The van der Waals surface area contributed by atoms with E-state index in [0.717, 1.165) is 0 Å². The van der Waals surface area contributed by atoms with E-state index in [9.17, 15) is 14.7 Å². The minimum Gasteiger partial charge on any atom is -0.481 e. The maximum atomic E-state index is 12.1. The Morgan fingerprint density at radius 1 is 1.12 bits per heavy atom. The van der Waals surface area contributed by atoms with Gasteiger partial charge < -0.3 is 14.9 Å². The van der Waals surface area contributed by atoms with Crippen LogP contribution >= 0.6 is 0 Å². The van der Waals surface area contributed by atoms with Crippen LogP contribution in [0.2, 0.25) is 0 Å². The highest BCUT2D eigenvalue weighted by Gasteiger charge is 2.58. The summed E-state index contributed by atoms with van der Waals surface area (Å²) in [5, 5.41) is 9.96. The number of pyridine rings is 1. The first kappa shape index (κ1) is 16.4. The largest absolute Gasteiger partial charge is 0.481 e. The van der Waals surface area contributed by atoms with Crippen LogP contribution in [0.4, 0.5) is 11.8 Å². The van der Waals surface area contributed by atoms with Crippen LogP contribution in [0, 0.1) is 11.3 Å². The minimum absolute atomic E-state index is 0.0390. The van der Waals surface area contributed by atoms with Crippen LogP contribution in [0.3, 0.4) is 0 Å². The second-order valence-corrected chi connectivity index (χ2v) is 6.93. The van der Waals surface area contributed by atoms with Crippen molar-refractivity contribution in [3.63, 3.8) is 0 Å². The normalized spacial score (nSPS) is 24.6. The van der Waals surface area contributed by atoms with Crippen LogP contribution in [0.15, 0.2) is 36.8 Å². The highest BCUT2D eigenvalue weighted by atomic mass is 16.4. The number of rotatable bonds is 4. The highest BCUT2D eigenvalue weighted by molar-refractivity contribution is 5.93. The highest BCUT2D eigenvalue weighted by Crippen LogP contribution is 2.44. The van der Waals surface area contributed by atoms with Gasteiger partial charge in [-0.2, -0.15) is 0 Å². The Bertz CT molecular complexity index is 842. The second kappa shape index (κ2) is 6.05. The summed E-state index contributed by atoms with van der Waals surface area (Å²) in [7, 11) is 0. The molecule has 2 saturated heterocycles. The summed E-state index contributed by atoms with van der Waals surface area (Å²) in [6.45, 7) is 3.44. The summed E-state index contributed by atoms with van der Waals surface area (Å²) < 4.78 is 0. The number of Topliss-reactive ketones (excluding diaryl/α,β-unsaturated/α-hetero) is 1. The van der Waals surface area contributed by atoms with E-state index in [4.69, 9.17) is 0 Å². The molecule has 0 aromatic carbocycles. The molecule has 0 spiro atoms. The molecule has 0 radical (unpaired) electrons. The zero-order valence-electron chi connectivity index (χ0n) is 14.4. The Morgan fingerprint density at radius 3 is 2.38 bits per heavy atom. The third kappa shape index (κ3) is 2.58. The molecular weight excluding hydrogens is 334 g/mol. The number of hydrogen-bond donors (Lipinski definition) is 1. The number of ketones is 1. The topological polar surface area (TPSA) is 99.5 Å². The van der Waals surface area contributed by atoms with E-state index in [1.165, 1.54) is 6.92 Å². The van der Waals surface area contributed by atoms with Gasteiger partial charge >= 0.3 is 5.97 Å². The summed E-state index contributed by atoms with van der Waals surface area (Å²) in [6.07, 6.45) is 4.87.